The van der Waals surface area contributed by atoms with Crippen molar-refractivity contribution in [2.75, 3.05) is 31.6 Å². The molecule has 0 saturated carbocycles. The van der Waals surface area contributed by atoms with Gasteiger partial charge in [-0.05, 0) is 36.2 Å². The minimum Gasteiger partial charge on any atom is -0.379 e. The fourth-order valence-corrected chi connectivity index (χ4v) is 4.36. The summed E-state index contributed by atoms with van der Waals surface area (Å²) >= 11 is 0. The van der Waals surface area contributed by atoms with Gasteiger partial charge in [0.15, 0.2) is 0 Å². The van der Waals surface area contributed by atoms with Crippen LogP contribution in [-0.2, 0) is 21.2 Å². The van der Waals surface area contributed by atoms with Gasteiger partial charge in [0.2, 0.25) is 10.0 Å². The number of aryl methyl sites for hydroxylation is 1. The van der Waals surface area contributed by atoms with Crippen LogP contribution < -0.4 is 5.32 Å². The zero-order valence-corrected chi connectivity index (χ0v) is 15.5. The number of ether oxygens (including phenoxy) is 1. The second-order valence-electron chi connectivity index (χ2n) is 6.02. The molecule has 2 aromatic carbocycles. The molecule has 1 N–H and O–H groups in total. The maximum Gasteiger partial charge on any atom is 0.255 e. The second-order valence-corrected chi connectivity index (χ2v) is 7.92. The number of amides is 1. The molecule has 1 amide bonds. The summed E-state index contributed by atoms with van der Waals surface area (Å²) in [5.41, 5.74) is 1.90. The van der Waals surface area contributed by atoms with Crippen LogP contribution in [0.5, 0.6) is 0 Å². The Labute approximate surface area is 153 Å². The Morgan fingerprint density at radius 2 is 1.73 bits per heavy atom. The number of rotatable bonds is 5. The van der Waals surface area contributed by atoms with E-state index in [1.54, 1.807) is 30.3 Å². The van der Waals surface area contributed by atoms with Crippen LogP contribution in [0, 0.1) is 0 Å². The molecular formula is C19H22N2O4S. The Morgan fingerprint density at radius 3 is 2.38 bits per heavy atom. The number of carbonyl (C=O) groups excluding carboxylic acids is 1. The molecule has 0 unspecified atom stereocenters. The van der Waals surface area contributed by atoms with Gasteiger partial charge < -0.3 is 10.1 Å². The van der Waals surface area contributed by atoms with Gasteiger partial charge in [0.25, 0.3) is 5.91 Å². The lowest BCUT2D eigenvalue weighted by Gasteiger charge is -2.26. The predicted molar refractivity (Wildman–Crippen MR) is 99.8 cm³/mol. The van der Waals surface area contributed by atoms with Crippen molar-refractivity contribution < 1.29 is 17.9 Å². The summed E-state index contributed by atoms with van der Waals surface area (Å²) in [6.45, 7) is 3.41. The van der Waals surface area contributed by atoms with E-state index in [9.17, 15) is 13.2 Å². The van der Waals surface area contributed by atoms with Crippen molar-refractivity contribution in [3.05, 3.63) is 59.7 Å². The third-order valence-corrected chi connectivity index (χ3v) is 6.30. The Bertz CT molecular complexity index is 873. The molecule has 1 aliphatic rings. The number of carbonyl (C=O) groups is 1. The maximum atomic E-state index is 12.9. The number of nitrogens with zero attached hydrogens (tertiary/aromatic N) is 1. The molecule has 0 aromatic heterocycles. The van der Waals surface area contributed by atoms with Gasteiger partial charge in [-0.3, -0.25) is 4.79 Å². The van der Waals surface area contributed by atoms with Crippen molar-refractivity contribution in [1.82, 2.24) is 4.31 Å². The van der Waals surface area contributed by atoms with Crippen molar-refractivity contribution in [1.29, 1.82) is 0 Å². The van der Waals surface area contributed by atoms with E-state index in [4.69, 9.17) is 4.74 Å². The molecule has 0 aliphatic carbocycles. The van der Waals surface area contributed by atoms with Crippen LogP contribution in [0.4, 0.5) is 5.69 Å². The second kappa shape index (κ2) is 7.99. The number of benzene rings is 2. The van der Waals surface area contributed by atoms with Gasteiger partial charge in [-0.1, -0.05) is 31.2 Å². The lowest BCUT2D eigenvalue weighted by molar-refractivity contribution is 0.0730. The molecule has 0 bridgehead atoms. The molecule has 1 saturated heterocycles. The van der Waals surface area contributed by atoms with Crippen molar-refractivity contribution >= 4 is 21.6 Å². The molecule has 26 heavy (non-hydrogen) atoms. The quantitative estimate of drug-likeness (QED) is 0.873. The first-order valence-corrected chi connectivity index (χ1v) is 10.0. The lowest BCUT2D eigenvalue weighted by Crippen LogP contribution is -2.40. The van der Waals surface area contributed by atoms with Crippen LogP contribution in [0.3, 0.4) is 0 Å². The number of nitrogens with one attached hydrogen (secondary N) is 1. The van der Waals surface area contributed by atoms with E-state index >= 15 is 0 Å². The highest BCUT2D eigenvalue weighted by Crippen LogP contribution is 2.25. The van der Waals surface area contributed by atoms with Crippen LogP contribution in [0.2, 0.25) is 0 Å². The van der Waals surface area contributed by atoms with Crippen LogP contribution in [0.15, 0.2) is 53.4 Å². The summed E-state index contributed by atoms with van der Waals surface area (Å²) in [6.07, 6.45) is 0.891. The Balaban J connectivity index is 1.85. The number of para-hydroxylation sites is 1. The first-order valence-electron chi connectivity index (χ1n) is 8.59. The summed E-state index contributed by atoms with van der Waals surface area (Å²) in [5.74, 6) is -0.336. The Kier molecular flexibility index (Phi) is 5.70. The van der Waals surface area contributed by atoms with Gasteiger partial charge in [-0.2, -0.15) is 4.31 Å². The molecule has 1 heterocycles. The average Bonchev–Trinajstić information content (AvgIpc) is 2.69. The van der Waals surface area contributed by atoms with Crippen molar-refractivity contribution in [2.24, 2.45) is 0 Å². The number of anilines is 1. The topological polar surface area (TPSA) is 75.7 Å². The minimum atomic E-state index is -3.69. The van der Waals surface area contributed by atoms with E-state index in [1.807, 2.05) is 19.1 Å². The van der Waals surface area contributed by atoms with Crippen LogP contribution >= 0.6 is 0 Å². The maximum absolute atomic E-state index is 12.9. The van der Waals surface area contributed by atoms with Crippen molar-refractivity contribution in [2.45, 2.75) is 18.2 Å². The zero-order chi connectivity index (χ0) is 18.6. The zero-order valence-electron chi connectivity index (χ0n) is 14.6. The van der Waals surface area contributed by atoms with Crippen molar-refractivity contribution in [3.63, 3.8) is 0 Å². The van der Waals surface area contributed by atoms with E-state index in [0.29, 0.717) is 31.9 Å². The first-order chi connectivity index (χ1) is 12.5. The molecule has 6 nitrogen and oxygen atoms in total. The molecule has 138 valence electrons. The molecular weight excluding hydrogens is 352 g/mol. The monoisotopic (exact) mass is 374 g/mol. The van der Waals surface area contributed by atoms with E-state index in [-0.39, 0.29) is 16.5 Å². The van der Waals surface area contributed by atoms with Gasteiger partial charge in [-0.15, -0.1) is 0 Å². The van der Waals surface area contributed by atoms with Gasteiger partial charge in [-0.25, -0.2) is 8.42 Å². The molecule has 0 atom stereocenters. The number of hydrogen-bond acceptors (Lipinski definition) is 4. The molecule has 1 aliphatic heterocycles. The molecule has 1 fully saturated rings. The van der Waals surface area contributed by atoms with Gasteiger partial charge in [0.1, 0.15) is 4.90 Å². The largest absolute Gasteiger partial charge is 0.379 e. The van der Waals surface area contributed by atoms with E-state index in [0.717, 1.165) is 12.0 Å². The van der Waals surface area contributed by atoms with Crippen LogP contribution in [0.25, 0.3) is 0 Å². The normalized spacial score (nSPS) is 15.6. The fourth-order valence-electron chi connectivity index (χ4n) is 2.81. The summed E-state index contributed by atoms with van der Waals surface area (Å²) in [7, 11) is -3.69. The molecule has 3 rings (SSSR count). The van der Waals surface area contributed by atoms with Gasteiger partial charge >= 0.3 is 0 Å². The third kappa shape index (κ3) is 3.95. The average molecular weight is 374 g/mol. The predicted octanol–water partition coefficient (Wildman–Crippen LogP) is 2.52. The van der Waals surface area contributed by atoms with Crippen molar-refractivity contribution in [3.8, 4) is 0 Å². The molecule has 0 spiro atoms. The van der Waals surface area contributed by atoms with Gasteiger partial charge in [0, 0.05) is 18.7 Å². The molecule has 2 aromatic rings. The van der Waals surface area contributed by atoms with E-state index in [2.05, 4.69) is 5.32 Å². The lowest BCUT2D eigenvalue weighted by atomic mass is 10.1. The van der Waals surface area contributed by atoms with Crippen LogP contribution in [-0.4, -0.2) is 44.9 Å². The van der Waals surface area contributed by atoms with E-state index < -0.39 is 10.0 Å². The minimum absolute atomic E-state index is 0.0976. The SMILES string of the molecule is CCc1ccc(C(=O)Nc2ccccc2S(=O)(=O)N2CCOCC2)cc1. The summed E-state index contributed by atoms with van der Waals surface area (Å²) in [6, 6.07) is 13.7. The Hall–Kier alpha value is -2.22. The number of hydrogen-bond donors (Lipinski definition) is 1. The highest BCUT2D eigenvalue weighted by Gasteiger charge is 2.28. The first kappa shape index (κ1) is 18.6. The Morgan fingerprint density at radius 1 is 1.08 bits per heavy atom. The fraction of sp³-hybridized carbons (Fsp3) is 0.316. The standard InChI is InChI=1S/C19H22N2O4S/c1-2-15-7-9-16(10-8-15)19(22)20-17-5-3-4-6-18(17)26(23,24)21-11-13-25-14-12-21/h3-10H,2,11-14H2,1H3,(H,20,22). The van der Waals surface area contributed by atoms with Gasteiger partial charge in [0.05, 0.1) is 18.9 Å². The summed E-state index contributed by atoms with van der Waals surface area (Å²) in [4.78, 5) is 12.6. The number of morpholine rings is 1. The highest BCUT2D eigenvalue weighted by molar-refractivity contribution is 7.89. The third-order valence-electron chi connectivity index (χ3n) is 4.35. The molecule has 7 heteroatoms. The molecule has 0 radical (unpaired) electrons. The highest BCUT2D eigenvalue weighted by atomic mass is 32.2. The summed E-state index contributed by atoms with van der Waals surface area (Å²) in [5, 5.41) is 2.73. The summed E-state index contributed by atoms with van der Waals surface area (Å²) < 4.78 is 32.5. The smallest absolute Gasteiger partial charge is 0.255 e. The van der Waals surface area contributed by atoms with Crippen LogP contribution in [0.1, 0.15) is 22.8 Å². The number of sulfonamides is 1. The van der Waals surface area contributed by atoms with E-state index in [1.165, 1.54) is 10.4 Å².